The first-order valence-corrected chi connectivity index (χ1v) is 7.99. The molecule has 5 heteroatoms. The minimum Gasteiger partial charge on any atom is -0.378 e. The Morgan fingerprint density at radius 1 is 0.958 bits per heavy atom. The summed E-state index contributed by atoms with van der Waals surface area (Å²) in [7, 11) is 8.05. The lowest BCUT2D eigenvalue weighted by Crippen LogP contribution is -2.28. The maximum atomic E-state index is 12.0. The monoisotopic (exact) mass is 326 g/mol. The quantitative estimate of drug-likeness (QED) is 0.857. The van der Waals surface area contributed by atoms with E-state index in [0.717, 1.165) is 23.5 Å². The maximum absolute atomic E-state index is 12.0. The zero-order chi connectivity index (χ0) is 17.5. The van der Waals surface area contributed by atoms with Crippen molar-refractivity contribution in [2.45, 2.75) is 13.1 Å². The van der Waals surface area contributed by atoms with Gasteiger partial charge in [0.1, 0.15) is 0 Å². The standard InChI is InChI=1S/C19H26N4O/c1-22(2)14-16-7-5-6-15(12-16)13-20-19(24)21-17-8-10-18(11-9-17)23(3)4/h5-12H,13-14H2,1-4H3,(H2,20,21,24). The zero-order valence-electron chi connectivity index (χ0n) is 14.8. The van der Waals surface area contributed by atoms with E-state index < -0.39 is 0 Å². The summed E-state index contributed by atoms with van der Waals surface area (Å²) in [5.74, 6) is 0. The van der Waals surface area contributed by atoms with Crippen molar-refractivity contribution in [3.63, 3.8) is 0 Å². The van der Waals surface area contributed by atoms with Crippen molar-refractivity contribution in [1.29, 1.82) is 0 Å². The normalized spacial score (nSPS) is 10.5. The summed E-state index contributed by atoms with van der Waals surface area (Å²) in [5, 5.41) is 5.74. The second kappa shape index (κ2) is 8.36. The molecule has 0 aliphatic heterocycles. The Morgan fingerprint density at radius 2 is 1.62 bits per heavy atom. The highest BCUT2D eigenvalue weighted by molar-refractivity contribution is 5.89. The zero-order valence-corrected chi connectivity index (χ0v) is 14.8. The number of rotatable bonds is 6. The smallest absolute Gasteiger partial charge is 0.319 e. The van der Waals surface area contributed by atoms with Crippen LogP contribution < -0.4 is 15.5 Å². The Kier molecular flexibility index (Phi) is 6.21. The molecule has 0 spiro atoms. The molecule has 0 aliphatic rings. The van der Waals surface area contributed by atoms with Gasteiger partial charge in [-0.25, -0.2) is 4.79 Å². The van der Waals surface area contributed by atoms with Crippen molar-refractivity contribution in [1.82, 2.24) is 10.2 Å². The second-order valence-corrected chi connectivity index (χ2v) is 6.31. The molecule has 2 aromatic carbocycles. The molecule has 24 heavy (non-hydrogen) atoms. The van der Waals surface area contributed by atoms with Crippen LogP contribution in [0.1, 0.15) is 11.1 Å². The fraction of sp³-hybridized carbons (Fsp3) is 0.316. The molecule has 0 saturated carbocycles. The van der Waals surface area contributed by atoms with Gasteiger partial charge in [-0.3, -0.25) is 0 Å². The number of hydrogen-bond acceptors (Lipinski definition) is 3. The van der Waals surface area contributed by atoms with E-state index in [9.17, 15) is 4.79 Å². The van der Waals surface area contributed by atoms with Crippen LogP contribution in [0.2, 0.25) is 0 Å². The number of carbonyl (C=O) groups excluding carboxylic acids is 1. The van der Waals surface area contributed by atoms with E-state index in [0.29, 0.717) is 6.54 Å². The van der Waals surface area contributed by atoms with E-state index in [1.54, 1.807) is 0 Å². The summed E-state index contributed by atoms with van der Waals surface area (Å²) in [6, 6.07) is 15.8. The van der Waals surface area contributed by atoms with Gasteiger partial charge in [-0.2, -0.15) is 0 Å². The number of anilines is 2. The topological polar surface area (TPSA) is 47.6 Å². The Hall–Kier alpha value is -2.53. The molecule has 0 saturated heterocycles. The third kappa shape index (κ3) is 5.59. The molecule has 0 aliphatic carbocycles. The molecule has 2 aromatic rings. The molecule has 0 unspecified atom stereocenters. The van der Waals surface area contributed by atoms with E-state index in [1.807, 2.05) is 69.5 Å². The number of carbonyl (C=O) groups is 1. The third-order valence-electron chi connectivity index (χ3n) is 3.58. The first-order valence-electron chi connectivity index (χ1n) is 7.99. The highest BCUT2D eigenvalue weighted by atomic mass is 16.2. The Morgan fingerprint density at radius 3 is 2.25 bits per heavy atom. The molecule has 2 rings (SSSR count). The van der Waals surface area contributed by atoms with Crippen LogP contribution in [0, 0.1) is 0 Å². The summed E-state index contributed by atoms with van der Waals surface area (Å²) in [6.07, 6.45) is 0. The summed E-state index contributed by atoms with van der Waals surface area (Å²) >= 11 is 0. The molecule has 2 N–H and O–H groups in total. The van der Waals surface area contributed by atoms with E-state index in [4.69, 9.17) is 0 Å². The molecule has 0 atom stereocenters. The molecular weight excluding hydrogens is 300 g/mol. The van der Waals surface area contributed by atoms with Crippen LogP contribution in [0.3, 0.4) is 0 Å². The van der Waals surface area contributed by atoms with Gasteiger partial charge < -0.3 is 20.4 Å². The van der Waals surface area contributed by atoms with Gasteiger partial charge >= 0.3 is 6.03 Å². The average Bonchev–Trinajstić information content (AvgIpc) is 2.53. The van der Waals surface area contributed by atoms with Gasteiger partial charge in [0.25, 0.3) is 0 Å². The van der Waals surface area contributed by atoms with Crippen LogP contribution in [-0.4, -0.2) is 39.1 Å². The van der Waals surface area contributed by atoms with Crippen LogP contribution >= 0.6 is 0 Å². The summed E-state index contributed by atoms with van der Waals surface area (Å²) in [4.78, 5) is 16.2. The predicted octanol–water partition coefficient (Wildman–Crippen LogP) is 3.14. The van der Waals surface area contributed by atoms with E-state index in [2.05, 4.69) is 27.7 Å². The molecular formula is C19H26N4O. The Balaban J connectivity index is 1.86. The lowest BCUT2D eigenvalue weighted by atomic mass is 10.1. The number of benzene rings is 2. The minimum atomic E-state index is -0.203. The fourth-order valence-electron chi connectivity index (χ4n) is 2.40. The number of hydrogen-bond donors (Lipinski definition) is 2. The first-order chi connectivity index (χ1) is 11.4. The maximum Gasteiger partial charge on any atom is 0.319 e. The number of nitrogens with zero attached hydrogens (tertiary/aromatic N) is 2. The van der Waals surface area contributed by atoms with Gasteiger partial charge in [-0.15, -0.1) is 0 Å². The molecule has 5 nitrogen and oxygen atoms in total. The molecule has 2 amide bonds. The molecule has 0 aromatic heterocycles. The summed E-state index contributed by atoms with van der Waals surface area (Å²) in [5.41, 5.74) is 4.20. The molecule has 0 heterocycles. The SMILES string of the molecule is CN(C)Cc1cccc(CNC(=O)Nc2ccc(N(C)C)cc2)c1. The predicted molar refractivity (Wildman–Crippen MR) is 100 cm³/mol. The molecule has 0 fully saturated rings. The minimum absolute atomic E-state index is 0.203. The third-order valence-corrected chi connectivity index (χ3v) is 3.58. The molecule has 128 valence electrons. The van der Waals surface area contributed by atoms with Gasteiger partial charge in [0.15, 0.2) is 0 Å². The van der Waals surface area contributed by atoms with Crippen LogP contribution in [0.25, 0.3) is 0 Å². The first kappa shape index (κ1) is 17.8. The van der Waals surface area contributed by atoms with Crippen LogP contribution in [0.5, 0.6) is 0 Å². The van der Waals surface area contributed by atoms with Gasteiger partial charge in [-0.1, -0.05) is 24.3 Å². The lowest BCUT2D eigenvalue weighted by Gasteiger charge is -2.13. The number of nitrogens with one attached hydrogen (secondary N) is 2. The number of amides is 2. The fourth-order valence-corrected chi connectivity index (χ4v) is 2.40. The molecule has 0 radical (unpaired) electrons. The van der Waals surface area contributed by atoms with Crippen molar-refractivity contribution >= 4 is 17.4 Å². The highest BCUT2D eigenvalue weighted by Crippen LogP contribution is 2.15. The molecule has 0 bridgehead atoms. The van der Waals surface area contributed by atoms with E-state index in [-0.39, 0.29) is 6.03 Å². The van der Waals surface area contributed by atoms with Crippen molar-refractivity contribution in [3.8, 4) is 0 Å². The second-order valence-electron chi connectivity index (χ2n) is 6.31. The summed E-state index contributed by atoms with van der Waals surface area (Å²) in [6.45, 7) is 1.39. The van der Waals surface area contributed by atoms with Crippen LogP contribution in [0.4, 0.5) is 16.2 Å². The van der Waals surface area contributed by atoms with Crippen molar-refractivity contribution < 1.29 is 4.79 Å². The Bertz CT molecular complexity index is 665. The van der Waals surface area contributed by atoms with Crippen molar-refractivity contribution in [3.05, 3.63) is 59.7 Å². The average molecular weight is 326 g/mol. The van der Waals surface area contributed by atoms with Gasteiger partial charge in [-0.05, 0) is 49.5 Å². The van der Waals surface area contributed by atoms with Crippen molar-refractivity contribution in [2.75, 3.05) is 38.4 Å². The Labute approximate surface area is 144 Å². The van der Waals surface area contributed by atoms with Crippen LogP contribution in [0.15, 0.2) is 48.5 Å². The number of urea groups is 1. The van der Waals surface area contributed by atoms with Crippen molar-refractivity contribution in [2.24, 2.45) is 0 Å². The van der Waals surface area contributed by atoms with Gasteiger partial charge in [0, 0.05) is 38.6 Å². The van der Waals surface area contributed by atoms with E-state index in [1.165, 1.54) is 5.56 Å². The summed E-state index contributed by atoms with van der Waals surface area (Å²) < 4.78 is 0. The van der Waals surface area contributed by atoms with E-state index >= 15 is 0 Å². The lowest BCUT2D eigenvalue weighted by molar-refractivity contribution is 0.251. The van der Waals surface area contributed by atoms with Gasteiger partial charge in [0.2, 0.25) is 0 Å². The highest BCUT2D eigenvalue weighted by Gasteiger charge is 2.03. The van der Waals surface area contributed by atoms with Crippen LogP contribution in [-0.2, 0) is 13.1 Å². The largest absolute Gasteiger partial charge is 0.378 e. The van der Waals surface area contributed by atoms with Gasteiger partial charge in [0.05, 0.1) is 0 Å².